The van der Waals surface area contributed by atoms with Gasteiger partial charge in [-0.2, -0.15) is 0 Å². The summed E-state index contributed by atoms with van der Waals surface area (Å²) in [6, 6.07) is 5.99. The Morgan fingerprint density at radius 2 is 2.08 bits per heavy atom. The lowest BCUT2D eigenvalue weighted by Gasteiger charge is -2.12. The van der Waals surface area contributed by atoms with Gasteiger partial charge in [0.1, 0.15) is 5.75 Å². The molecule has 134 valence electrons. The maximum Gasteiger partial charge on any atom is 0.357 e. The zero-order chi connectivity index (χ0) is 18.4. The number of ether oxygens (including phenoxy) is 2. The van der Waals surface area contributed by atoms with Crippen molar-refractivity contribution in [3.63, 3.8) is 0 Å². The van der Waals surface area contributed by atoms with Crippen LogP contribution in [0.15, 0.2) is 23.6 Å². The number of benzene rings is 1. The predicted molar refractivity (Wildman–Crippen MR) is 97.5 cm³/mol. The van der Waals surface area contributed by atoms with Crippen molar-refractivity contribution in [1.29, 1.82) is 0 Å². The Kier molecular flexibility index (Phi) is 6.52. The molecule has 0 unspecified atom stereocenters. The van der Waals surface area contributed by atoms with Gasteiger partial charge in [0.15, 0.2) is 17.4 Å². The first kappa shape index (κ1) is 18.9. The van der Waals surface area contributed by atoms with Crippen molar-refractivity contribution < 1.29 is 19.1 Å². The first-order valence-electron chi connectivity index (χ1n) is 8.06. The fourth-order valence-electron chi connectivity index (χ4n) is 2.06. The molecule has 6 nitrogen and oxygen atoms in total. The lowest BCUT2D eigenvalue weighted by molar-refractivity contribution is -0.118. The molecule has 2 aromatic rings. The van der Waals surface area contributed by atoms with E-state index in [9.17, 15) is 9.59 Å². The van der Waals surface area contributed by atoms with Crippen LogP contribution in [0.5, 0.6) is 5.75 Å². The van der Waals surface area contributed by atoms with E-state index in [1.54, 1.807) is 12.3 Å². The van der Waals surface area contributed by atoms with Gasteiger partial charge in [0.05, 0.1) is 6.61 Å². The highest BCUT2D eigenvalue weighted by Gasteiger charge is 2.14. The standard InChI is InChI=1S/C18H22N2O4S/c1-5-23-17(22)14-10-25-18(19-14)20-16(21)9-24-15-8-13(11(2)3)7-6-12(15)4/h6-8,10-11H,5,9H2,1-4H3,(H,19,20,21). The number of aromatic nitrogens is 1. The van der Waals surface area contributed by atoms with Crippen molar-refractivity contribution in [3.8, 4) is 5.75 Å². The van der Waals surface area contributed by atoms with Crippen LogP contribution in [-0.4, -0.2) is 30.1 Å². The first-order valence-corrected chi connectivity index (χ1v) is 8.94. The van der Waals surface area contributed by atoms with Gasteiger partial charge in [-0.15, -0.1) is 11.3 Å². The van der Waals surface area contributed by atoms with Gasteiger partial charge in [-0.25, -0.2) is 9.78 Å². The van der Waals surface area contributed by atoms with Gasteiger partial charge in [0.25, 0.3) is 5.91 Å². The molecule has 1 N–H and O–H groups in total. The SMILES string of the molecule is CCOC(=O)c1csc(NC(=O)COc2cc(C(C)C)ccc2C)n1. The molecule has 1 amide bonds. The molecule has 0 fully saturated rings. The summed E-state index contributed by atoms with van der Waals surface area (Å²) in [5.41, 5.74) is 2.31. The minimum Gasteiger partial charge on any atom is -0.483 e. The third-order valence-electron chi connectivity index (χ3n) is 3.47. The summed E-state index contributed by atoms with van der Waals surface area (Å²) in [7, 11) is 0. The quantitative estimate of drug-likeness (QED) is 0.759. The highest BCUT2D eigenvalue weighted by atomic mass is 32.1. The van der Waals surface area contributed by atoms with E-state index in [1.165, 1.54) is 0 Å². The number of nitrogens with zero attached hydrogens (tertiary/aromatic N) is 1. The van der Waals surface area contributed by atoms with E-state index < -0.39 is 5.97 Å². The van der Waals surface area contributed by atoms with Crippen molar-refractivity contribution in [2.45, 2.75) is 33.6 Å². The zero-order valence-corrected chi connectivity index (χ0v) is 15.6. The second-order valence-electron chi connectivity index (χ2n) is 5.77. The summed E-state index contributed by atoms with van der Waals surface area (Å²) in [5.74, 6) is 0.233. The number of anilines is 1. The Morgan fingerprint density at radius 1 is 1.32 bits per heavy atom. The molecular weight excluding hydrogens is 340 g/mol. The van der Waals surface area contributed by atoms with E-state index in [-0.39, 0.29) is 24.8 Å². The number of hydrogen-bond donors (Lipinski definition) is 1. The Hall–Kier alpha value is -2.41. The Balaban J connectivity index is 1.93. The first-order chi connectivity index (χ1) is 11.9. The largest absolute Gasteiger partial charge is 0.483 e. The molecule has 0 aliphatic rings. The third-order valence-corrected chi connectivity index (χ3v) is 4.23. The maximum atomic E-state index is 12.0. The predicted octanol–water partition coefficient (Wildman–Crippen LogP) is 3.77. The Morgan fingerprint density at radius 3 is 2.76 bits per heavy atom. The van der Waals surface area contributed by atoms with Crippen LogP contribution in [0.4, 0.5) is 5.13 Å². The number of nitrogens with one attached hydrogen (secondary N) is 1. The van der Waals surface area contributed by atoms with E-state index in [2.05, 4.69) is 30.2 Å². The summed E-state index contributed by atoms with van der Waals surface area (Å²) in [5, 5.41) is 4.51. The average Bonchev–Trinajstić information content (AvgIpc) is 3.02. The molecule has 1 aromatic heterocycles. The Bertz CT molecular complexity index is 755. The van der Waals surface area contributed by atoms with E-state index in [0.29, 0.717) is 16.8 Å². The van der Waals surface area contributed by atoms with Gasteiger partial charge in [-0.1, -0.05) is 26.0 Å². The molecular formula is C18H22N2O4S. The van der Waals surface area contributed by atoms with Crippen LogP contribution in [0.25, 0.3) is 0 Å². The molecule has 0 radical (unpaired) electrons. The van der Waals surface area contributed by atoms with Crippen molar-refractivity contribution in [2.75, 3.05) is 18.5 Å². The number of amides is 1. The summed E-state index contributed by atoms with van der Waals surface area (Å²) >= 11 is 1.16. The van der Waals surface area contributed by atoms with Gasteiger partial charge in [-0.3, -0.25) is 10.1 Å². The minimum absolute atomic E-state index is 0.128. The van der Waals surface area contributed by atoms with Gasteiger partial charge in [-0.05, 0) is 37.0 Å². The highest BCUT2D eigenvalue weighted by Crippen LogP contribution is 2.24. The molecule has 1 heterocycles. The van der Waals surface area contributed by atoms with E-state index >= 15 is 0 Å². The average molecular weight is 362 g/mol. The summed E-state index contributed by atoms with van der Waals surface area (Å²) in [6.07, 6.45) is 0. The van der Waals surface area contributed by atoms with Crippen LogP contribution in [0.1, 0.15) is 48.3 Å². The molecule has 0 aliphatic heterocycles. The van der Waals surface area contributed by atoms with Gasteiger partial charge < -0.3 is 9.47 Å². The molecule has 0 atom stereocenters. The lowest BCUT2D eigenvalue weighted by Crippen LogP contribution is -2.20. The Labute approximate surface area is 151 Å². The molecule has 7 heteroatoms. The van der Waals surface area contributed by atoms with E-state index in [0.717, 1.165) is 22.5 Å². The molecule has 2 rings (SSSR count). The monoisotopic (exact) mass is 362 g/mol. The molecule has 0 spiro atoms. The second-order valence-corrected chi connectivity index (χ2v) is 6.63. The molecule has 25 heavy (non-hydrogen) atoms. The van der Waals surface area contributed by atoms with Gasteiger partial charge in [0.2, 0.25) is 0 Å². The molecule has 0 saturated heterocycles. The van der Waals surface area contributed by atoms with Crippen molar-refractivity contribution >= 4 is 28.3 Å². The number of thiazole rings is 1. The van der Waals surface area contributed by atoms with Crippen LogP contribution in [0, 0.1) is 6.92 Å². The molecule has 1 aromatic carbocycles. The number of aryl methyl sites for hydroxylation is 1. The van der Waals surface area contributed by atoms with Crippen LogP contribution in [0.3, 0.4) is 0 Å². The summed E-state index contributed by atoms with van der Waals surface area (Å²) < 4.78 is 10.5. The third kappa shape index (κ3) is 5.29. The number of rotatable bonds is 7. The fourth-order valence-corrected chi connectivity index (χ4v) is 2.76. The second kappa shape index (κ2) is 8.62. The van der Waals surface area contributed by atoms with Gasteiger partial charge >= 0.3 is 5.97 Å². The van der Waals surface area contributed by atoms with Gasteiger partial charge in [0, 0.05) is 5.38 Å². The zero-order valence-electron chi connectivity index (χ0n) is 14.8. The number of hydrogen-bond acceptors (Lipinski definition) is 6. The minimum atomic E-state index is -0.503. The number of carbonyl (C=O) groups is 2. The number of esters is 1. The maximum absolute atomic E-state index is 12.0. The van der Waals surface area contributed by atoms with Crippen molar-refractivity contribution in [1.82, 2.24) is 4.98 Å². The summed E-state index contributed by atoms with van der Waals surface area (Å²) in [4.78, 5) is 27.6. The topological polar surface area (TPSA) is 77.5 Å². The molecule has 0 bridgehead atoms. The van der Waals surface area contributed by atoms with E-state index in [4.69, 9.17) is 9.47 Å². The normalized spacial score (nSPS) is 10.6. The summed E-state index contributed by atoms with van der Waals surface area (Å²) in [6.45, 7) is 8.01. The highest BCUT2D eigenvalue weighted by molar-refractivity contribution is 7.14. The van der Waals surface area contributed by atoms with Crippen LogP contribution >= 0.6 is 11.3 Å². The van der Waals surface area contributed by atoms with Crippen molar-refractivity contribution in [2.24, 2.45) is 0 Å². The fraction of sp³-hybridized carbons (Fsp3) is 0.389. The number of carbonyl (C=O) groups excluding carboxylic acids is 2. The van der Waals surface area contributed by atoms with Crippen LogP contribution < -0.4 is 10.1 Å². The molecule has 0 saturated carbocycles. The smallest absolute Gasteiger partial charge is 0.357 e. The molecule has 0 aliphatic carbocycles. The van der Waals surface area contributed by atoms with E-state index in [1.807, 2.05) is 19.1 Å². The van der Waals surface area contributed by atoms with Crippen LogP contribution in [-0.2, 0) is 9.53 Å². The van der Waals surface area contributed by atoms with Crippen LogP contribution in [0.2, 0.25) is 0 Å². The van der Waals surface area contributed by atoms with Crippen molar-refractivity contribution in [3.05, 3.63) is 40.4 Å². The lowest BCUT2D eigenvalue weighted by atomic mass is 10.0.